The van der Waals surface area contributed by atoms with Gasteiger partial charge in [0.2, 0.25) is 5.91 Å². The van der Waals surface area contributed by atoms with Gasteiger partial charge in [-0.3, -0.25) is 9.59 Å². The van der Waals surface area contributed by atoms with Gasteiger partial charge in [-0.2, -0.15) is 0 Å². The van der Waals surface area contributed by atoms with E-state index in [4.69, 9.17) is 21.1 Å². The third-order valence-corrected chi connectivity index (χ3v) is 5.65. The first-order valence-corrected chi connectivity index (χ1v) is 10.7. The van der Waals surface area contributed by atoms with E-state index in [9.17, 15) is 9.59 Å². The van der Waals surface area contributed by atoms with Gasteiger partial charge < -0.3 is 19.7 Å². The summed E-state index contributed by atoms with van der Waals surface area (Å²) < 4.78 is 11.3. The Morgan fingerprint density at radius 1 is 1.06 bits per heavy atom. The van der Waals surface area contributed by atoms with Gasteiger partial charge in [0.15, 0.2) is 11.5 Å². The lowest BCUT2D eigenvalue weighted by atomic mass is 10.1. The molecule has 1 aliphatic rings. The van der Waals surface area contributed by atoms with Crippen LogP contribution in [0.2, 0.25) is 5.02 Å². The van der Waals surface area contributed by atoms with Crippen LogP contribution in [0.4, 0.5) is 11.4 Å². The highest BCUT2D eigenvalue weighted by atomic mass is 35.5. The standard InChI is InChI=1S/C25H23ClN2O4/c1-31-23-15-17(12-13-22(23)32-16-18-7-2-3-8-19(18)26)25(30)27-20-9-4-5-10-21(20)28-14-6-11-24(28)29/h2-5,7-10,12-13,15H,6,11,14,16H2,1H3,(H,27,30). The largest absolute Gasteiger partial charge is 0.493 e. The second kappa shape index (κ2) is 9.75. The predicted octanol–water partition coefficient (Wildman–Crippen LogP) is 5.31. The summed E-state index contributed by atoms with van der Waals surface area (Å²) in [6.07, 6.45) is 1.34. The number of hydrogen-bond donors (Lipinski definition) is 1. The minimum absolute atomic E-state index is 0.0633. The molecule has 0 aliphatic carbocycles. The highest BCUT2D eigenvalue weighted by Crippen LogP contribution is 2.32. The van der Waals surface area contributed by atoms with E-state index in [1.807, 2.05) is 36.4 Å². The predicted molar refractivity (Wildman–Crippen MR) is 125 cm³/mol. The molecule has 7 heteroatoms. The van der Waals surface area contributed by atoms with Gasteiger partial charge in [0.1, 0.15) is 6.61 Å². The third-order valence-electron chi connectivity index (χ3n) is 5.28. The molecule has 0 unspecified atom stereocenters. The van der Waals surface area contributed by atoms with Crippen molar-refractivity contribution in [2.75, 3.05) is 23.9 Å². The third kappa shape index (κ3) is 4.70. The number of nitrogens with zero attached hydrogens (tertiary/aromatic N) is 1. The molecular formula is C25H23ClN2O4. The highest BCUT2D eigenvalue weighted by Gasteiger charge is 2.24. The Morgan fingerprint density at radius 2 is 1.84 bits per heavy atom. The zero-order valence-corrected chi connectivity index (χ0v) is 18.4. The van der Waals surface area contributed by atoms with Crippen molar-refractivity contribution < 1.29 is 19.1 Å². The Bertz CT molecular complexity index is 1150. The number of halogens is 1. The van der Waals surface area contributed by atoms with E-state index in [0.717, 1.165) is 12.0 Å². The van der Waals surface area contributed by atoms with Crippen LogP contribution < -0.4 is 19.7 Å². The van der Waals surface area contributed by atoms with Crippen molar-refractivity contribution in [2.24, 2.45) is 0 Å². The van der Waals surface area contributed by atoms with Crippen LogP contribution >= 0.6 is 11.6 Å². The number of carbonyl (C=O) groups is 2. The Balaban J connectivity index is 1.50. The molecule has 0 atom stereocenters. The molecule has 1 heterocycles. The van der Waals surface area contributed by atoms with E-state index in [0.29, 0.717) is 46.4 Å². The maximum Gasteiger partial charge on any atom is 0.255 e. The summed E-state index contributed by atoms with van der Waals surface area (Å²) in [6.45, 7) is 0.926. The average Bonchev–Trinajstić information content (AvgIpc) is 3.24. The summed E-state index contributed by atoms with van der Waals surface area (Å²) in [4.78, 5) is 26.8. The summed E-state index contributed by atoms with van der Waals surface area (Å²) in [5, 5.41) is 3.54. The van der Waals surface area contributed by atoms with Crippen molar-refractivity contribution in [3.8, 4) is 11.5 Å². The van der Waals surface area contributed by atoms with Crippen molar-refractivity contribution in [1.82, 2.24) is 0 Å². The zero-order chi connectivity index (χ0) is 22.5. The summed E-state index contributed by atoms with van der Waals surface area (Å²) in [5.74, 6) is 0.702. The van der Waals surface area contributed by atoms with Gasteiger partial charge >= 0.3 is 0 Å². The maximum atomic E-state index is 12.9. The van der Waals surface area contributed by atoms with Crippen LogP contribution in [0.15, 0.2) is 66.7 Å². The summed E-state index contributed by atoms with van der Waals surface area (Å²) in [6, 6.07) is 19.7. The fraction of sp³-hybridized carbons (Fsp3) is 0.200. The fourth-order valence-corrected chi connectivity index (χ4v) is 3.80. The second-order valence-electron chi connectivity index (χ2n) is 7.37. The number of carbonyl (C=O) groups excluding carboxylic acids is 2. The van der Waals surface area contributed by atoms with Crippen molar-refractivity contribution in [3.63, 3.8) is 0 Å². The summed E-state index contributed by atoms with van der Waals surface area (Å²) in [7, 11) is 1.52. The molecule has 1 aliphatic heterocycles. The van der Waals surface area contributed by atoms with Crippen molar-refractivity contribution >= 4 is 34.8 Å². The van der Waals surface area contributed by atoms with Crippen LogP contribution in [0.3, 0.4) is 0 Å². The molecule has 4 rings (SSSR count). The number of anilines is 2. The first-order chi connectivity index (χ1) is 15.6. The van der Waals surface area contributed by atoms with Gasteiger partial charge in [-0.15, -0.1) is 0 Å². The molecule has 3 aromatic carbocycles. The lowest BCUT2D eigenvalue weighted by Crippen LogP contribution is -2.25. The van der Waals surface area contributed by atoms with Gasteiger partial charge in [0, 0.05) is 29.1 Å². The molecule has 0 radical (unpaired) electrons. The van der Waals surface area contributed by atoms with Crippen LogP contribution in [0, 0.1) is 0 Å². The van der Waals surface area contributed by atoms with Gasteiger partial charge in [-0.25, -0.2) is 0 Å². The molecule has 32 heavy (non-hydrogen) atoms. The van der Waals surface area contributed by atoms with E-state index < -0.39 is 0 Å². The quantitative estimate of drug-likeness (QED) is 0.530. The molecule has 0 aromatic heterocycles. The van der Waals surface area contributed by atoms with E-state index in [1.165, 1.54) is 7.11 Å². The number of nitrogens with one attached hydrogen (secondary N) is 1. The van der Waals surface area contributed by atoms with E-state index >= 15 is 0 Å². The lowest BCUT2D eigenvalue weighted by Gasteiger charge is -2.20. The van der Waals surface area contributed by atoms with Gasteiger partial charge in [0.05, 0.1) is 18.5 Å². The van der Waals surface area contributed by atoms with Crippen molar-refractivity contribution in [3.05, 3.63) is 82.9 Å². The number of hydrogen-bond acceptors (Lipinski definition) is 4. The van der Waals surface area contributed by atoms with E-state index in [1.54, 1.807) is 35.2 Å². The average molecular weight is 451 g/mol. The molecular weight excluding hydrogens is 428 g/mol. The number of amides is 2. The number of benzene rings is 3. The first kappa shape index (κ1) is 21.7. The van der Waals surface area contributed by atoms with Crippen LogP contribution in [-0.2, 0) is 11.4 Å². The molecule has 1 N–H and O–H groups in total. The van der Waals surface area contributed by atoms with E-state index in [-0.39, 0.29) is 18.4 Å². The van der Waals surface area contributed by atoms with Gasteiger partial charge in [-0.1, -0.05) is 41.9 Å². The minimum atomic E-state index is -0.306. The molecule has 1 saturated heterocycles. The Hall–Kier alpha value is -3.51. The van der Waals surface area contributed by atoms with Crippen molar-refractivity contribution in [2.45, 2.75) is 19.4 Å². The maximum absolute atomic E-state index is 12.9. The second-order valence-corrected chi connectivity index (χ2v) is 7.77. The van der Waals surface area contributed by atoms with Crippen LogP contribution in [0.25, 0.3) is 0 Å². The molecule has 2 amide bonds. The molecule has 6 nitrogen and oxygen atoms in total. The Labute approximate surface area is 191 Å². The Kier molecular flexibility index (Phi) is 6.61. The number of para-hydroxylation sites is 2. The summed E-state index contributed by atoms with van der Waals surface area (Å²) in [5.41, 5.74) is 2.56. The molecule has 0 bridgehead atoms. The highest BCUT2D eigenvalue weighted by molar-refractivity contribution is 6.31. The monoisotopic (exact) mass is 450 g/mol. The number of ether oxygens (including phenoxy) is 2. The number of methoxy groups -OCH3 is 1. The van der Waals surface area contributed by atoms with E-state index in [2.05, 4.69) is 5.32 Å². The number of rotatable bonds is 7. The molecule has 164 valence electrons. The van der Waals surface area contributed by atoms with Crippen LogP contribution in [0.1, 0.15) is 28.8 Å². The minimum Gasteiger partial charge on any atom is -0.493 e. The van der Waals surface area contributed by atoms with Crippen LogP contribution in [-0.4, -0.2) is 25.5 Å². The first-order valence-electron chi connectivity index (χ1n) is 10.3. The van der Waals surface area contributed by atoms with Gasteiger partial charge in [0.25, 0.3) is 5.91 Å². The molecule has 3 aromatic rings. The lowest BCUT2D eigenvalue weighted by molar-refractivity contribution is -0.117. The van der Waals surface area contributed by atoms with Gasteiger partial charge in [-0.05, 0) is 42.8 Å². The molecule has 1 fully saturated rings. The Morgan fingerprint density at radius 3 is 2.59 bits per heavy atom. The SMILES string of the molecule is COc1cc(C(=O)Nc2ccccc2N2CCCC2=O)ccc1OCc1ccccc1Cl. The smallest absolute Gasteiger partial charge is 0.255 e. The van der Waals surface area contributed by atoms with Crippen molar-refractivity contribution in [1.29, 1.82) is 0 Å². The molecule has 0 spiro atoms. The topological polar surface area (TPSA) is 67.9 Å². The normalized spacial score (nSPS) is 13.2. The fourth-order valence-electron chi connectivity index (χ4n) is 3.61. The van der Waals surface area contributed by atoms with Crippen LogP contribution in [0.5, 0.6) is 11.5 Å². The molecule has 0 saturated carbocycles. The zero-order valence-electron chi connectivity index (χ0n) is 17.6. The summed E-state index contributed by atoms with van der Waals surface area (Å²) >= 11 is 6.19.